The number of hydrogen-bond acceptors (Lipinski definition) is 3. The fraction of sp³-hybridized carbons (Fsp3) is 0.389. The SMILES string of the molecule is CCCNC(CC)c1ccccc1Oc1cccnc1C. The molecular weight excluding hydrogens is 260 g/mol. The number of hydrogen-bond donors (Lipinski definition) is 1. The van der Waals surface area contributed by atoms with E-state index in [2.05, 4.69) is 36.3 Å². The Bertz CT molecular complexity index is 569. The van der Waals surface area contributed by atoms with E-state index in [0.717, 1.165) is 36.6 Å². The summed E-state index contributed by atoms with van der Waals surface area (Å²) in [4.78, 5) is 4.28. The molecule has 0 saturated carbocycles. The molecule has 0 bridgehead atoms. The molecule has 0 aliphatic heterocycles. The van der Waals surface area contributed by atoms with Crippen LogP contribution in [0.1, 0.15) is 44.0 Å². The zero-order valence-electron chi connectivity index (χ0n) is 13.1. The largest absolute Gasteiger partial charge is 0.455 e. The van der Waals surface area contributed by atoms with Crippen molar-refractivity contribution in [1.29, 1.82) is 0 Å². The number of aromatic nitrogens is 1. The molecule has 0 aliphatic rings. The first-order valence-corrected chi connectivity index (χ1v) is 7.68. The number of pyridine rings is 1. The maximum atomic E-state index is 6.10. The van der Waals surface area contributed by atoms with E-state index in [0.29, 0.717) is 6.04 Å². The van der Waals surface area contributed by atoms with Crippen LogP contribution in [-0.2, 0) is 0 Å². The number of aryl methyl sites for hydroxylation is 1. The van der Waals surface area contributed by atoms with Crippen LogP contribution < -0.4 is 10.1 Å². The molecule has 0 fully saturated rings. The lowest BCUT2D eigenvalue weighted by Crippen LogP contribution is -2.21. The molecule has 2 rings (SSSR count). The minimum atomic E-state index is 0.318. The van der Waals surface area contributed by atoms with Crippen LogP contribution >= 0.6 is 0 Å². The average Bonchev–Trinajstić information content (AvgIpc) is 2.52. The second-order valence-corrected chi connectivity index (χ2v) is 5.14. The van der Waals surface area contributed by atoms with Gasteiger partial charge in [-0.2, -0.15) is 0 Å². The third-order valence-electron chi connectivity index (χ3n) is 3.52. The van der Waals surface area contributed by atoms with E-state index in [9.17, 15) is 0 Å². The van der Waals surface area contributed by atoms with Crippen molar-refractivity contribution in [3.63, 3.8) is 0 Å². The van der Waals surface area contributed by atoms with E-state index in [1.54, 1.807) is 6.20 Å². The van der Waals surface area contributed by atoms with Gasteiger partial charge in [-0.25, -0.2) is 0 Å². The maximum absolute atomic E-state index is 6.10. The Morgan fingerprint density at radius 3 is 2.57 bits per heavy atom. The second kappa shape index (κ2) is 7.79. The van der Waals surface area contributed by atoms with Crippen molar-refractivity contribution in [1.82, 2.24) is 10.3 Å². The van der Waals surface area contributed by atoms with Crippen LogP contribution in [0.2, 0.25) is 0 Å². The molecule has 112 valence electrons. The Kier molecular flexibility index (Phi) is 5.76. The Hall–Kier alpha value is -1.87. The third-order valence-corrected chi connectivity index (χ3v) is 3.52. The molecule has 21 heavy (non-hydrogen) atoms. The molecule has 1 aromatic carbocycles. The van der Waals surface area contributed by atoms with E-state index < -0.39 is 0 Å². The van der Waals surface area contributed by atoms with Crippen molar-refractivity contribution in [3.8, 4) is 11.5 Å². The fourth-order valence-electron chi connectivity index (χ4n) is 2.35. The van der Waals surface area contributed by atoms with Gasteiger partial charge in [0.25, 0.3) is 0 Å². The van der Waals surface area contributed by atoms with Crippen molar-refractivity contribution in [2.45, 2.75) is 39.7 Å². The lowest BCUT2D eigenvalue weighted by atomic mass is 10.0. The quantitative estimate of drug-likeness (QED) is 0.804. The van der Waals surface area contributed by atoms with E-state index in [1.807, 2.05) is 31.2 Å². The summed E-state index contributed by atoms with van der Waals surface area (Å²) in [5.41, 5.74) is 2.11. The minimum absolute atomic E-state index is 0.318. The van der Waals surface area contributed by atoms with Gasteiger partial charge in [0.15, 0.2) is 0 Å². The van der Waals surface area contributed by atoms with Crippen LogP contribution in [0.5, 0.6) is 11.5 Å². The Morgan fingerprint density at radius 2 is 1.86 bits per heavy atom. The standard InChI is InChI=1S/C18H24N2O/c1-4-12-20-16(5-2)15-9-6-7-10-18(15)21-17-11-8-13-19-14(17)3/h6-11,13,16,20H,4-5,12H2,1-3H3. The average molecular weight is 284 g/mol. The summed E-state index contributed by atoms with van der Waals surface area (Å²) in [6.45, 7) is 7.35. The van der Waals surface area contributed by atoms with E-state index in [4.69, 9.17) is 4.74 Å². The number of benzene rings is 1. The molecule has 0 saturated heterocycles. The molecule has 0 aliphatic carbocycles. The first-order valence-electron chi connectivity index (χ1n) is 7.68. The summed E-state index contributed by atoms with van der Waals surface area (Å²) in [7, 11) is 0. The van der Waals surface area contributed by atoms with Crippen LogP contribution in [0.15, 0.2) is 42.6 Å². The van der Waals surface area contributed by atoms with Crippen molar-refractivity contribution in [2.75, 3.05) is 6.54 Å². The molecule has 1 aromatic heterocycles. The van der Waals surface area contributed by atoms with Crippen LogP contribution in [0, 0.1) is 6.92 Å². The molecule has 0 amide bonds. The summed E-state index contributed by atoms with van der Waals surface area (Å²) in [6.07, 6.45) is 3.94. The highest BCUT2D eigenvalue weighted by Crippen LogP contribution is 2.31. The highest BCUT2D eigenvalue weighted by molar-refractivity contribution is 5.40. The molecule has 0 spiro atoms. The number of para-hydroxylation sites is 1. The first-order chi connectivity index (χ1) is 10.3. The molecule has 1 atom stereocenters. The third kappa shape index (κ3) is 4.05. The molecule has 2 aromatic rings. The fourth-order valence-corrected chi connectivity index (χ4v) is 2.35. The summed E-state index contributed by atoms with van der Waals surface area (Å²) < 4.78 is 6.10. The van der Waals surface area contributed by atoms with E-state index in [-0.39, 0.29) is 0 Å². The number of ether oxygens (including phenoxy) is 1. The van der Waals surface area contributed by atoms with Crippen molar-refractivity contribution < 1.29 is 4.74 Å². The van der Waals surface area contributed by atoms with Gasteiger partial charge in [0, 0.05) is 17.8 Å². The van der Waals surface area contributed by atoms with Gasteiger partial charge in [0.05, 0.1) is 5.69 Å². The summed E-state index contributed by atoms with van der Waals surface area (Å²) >= 11 is 0. The van der Waals surface area contributed by atoms with Crippen LogP contribution in [0.3, 0.4) is 0 Å². The first kappa shape index (κ1) is 15.5. The highest BCUT2D eigenvalue weighted by Gasteiger charge is 2.14. The van der Waals surface area contributed by atoms with Crippen LogP contribution in [0.25, 0.3) is 0 Å². The predicted molar refractivity (Wildman–Crippen MR) is 86.8 cm³/mol. The summed E-state index contributed by atoms with van der Waals surface area (Å²) in [5.74, 6) is 1.72. The normalized spacial score (nSPS) is 12.1. The number of rotatable bonds is 7. The molecule has 0 radical (unpaired) electrons. The molecule has 1 heterocycles. The van der Waals surface area contributed by atoms with Crippen LogP contribution in [0.4, 0.5) is 0 Å². The van der Waals surface area contributed by atoms with Gasteiger partial charge < -0.3 is 10.1 Å². The van der Waals surface area contributed by atoms with Crippen LogP contribution in [-0.4, -0.2) is 11.5 Å². The minimum Gasteiger partial charge on any atom is -0.455 e. The topological polar surface area (TPSA) is 34.1 Å². The van der Waals surface area contributed by atoms with Gasteiger partial charge in [-0.1, -0.05) is 32.0 Å². The van der Waals surface area contributed by atoms with Gasteiger partial charge in [-0.15, -0.1) is 0 Å². The lowest BCUT2D eigenvalue weighted by Gasteiger charge is -2.20. The van der Waals surface area contributed by atoms with Crippen molar-refractivity contribution in [2.24, 2.45) is 0 Å². The Morgan fingerprint density at radius 1 is 1.10 bits per heavy atom. The number of nitrogens with one attached hydrogen (secondary N) is 1. The molecule has 1 N–H and O–H groups in total. The summed E-state index contributed by atoms with van der Waals surface area (Å²) in [5, 5.41) is 3.58. The van der Waals surface area contributed by atoms with Gasteiger partial charge in [-0.3, -0.25) is 4.98 Å². The molecule has 3 heteroatoms. The van der Waals surface area contributed by atoms with Crippen molar-refractivity contribution in [3.05, 3.63) is 53.9 Å². The van der Waals surface area contributed by atoms with E-state index >= 15 is 0 Å². The molecule has 1 unspecified atom stereocenters. The Labute approximate surface area is 127 Å². The summed E-state index contributed by atoms with van der Waals surface area (Å²) in [6, 6.07) is 12.4. The van der Waals surface area contributed by atoms with Gasteiger partial charge in [0.1, 0.15) is 11.5 Å². The second-order valence-electron chi connectivity index (χ2n) is 5.14. The van der Waals surface area contributed by atoms with Gasteiger partial charge in [-0.05, 0) is 44.5 Å². The smallest absolute Gasteiger partial charge is 0.148 e. The Balaban J connectivity index is 2.26. The zero-order chi connectivity index (χ0) is 15.1. The van der Waals surface area contributed by atoms with Gasteiger partial charge in [0.2, 0.25) is 0 Å². The lowest BCUT2D eigenvalue weighted by molar-refractivity contribution is 0.445. The number of nitrogens with zero attached hydrogens (tertiary/aromatic N) is 1. The monoisotopic (exact) mass is 284 g/mol. The maximum Gasteiger partial charge on any atom is 0.148 e. The zero-order valence-corrected chi connectivity index (χ0v) is 13.1. The van der Waals surface area contributed by atoms with E-state index in [1.165, 1.54) is 5.56 Å². The molecular formula is C18H24N2O. The molecule has 3 nitrogen and oxygen atoms in total. The van der Waals surface area contributed by atoms with Crippen molar-refractivity contribution >= 4 is 0 Å². The highest BCUT2D eigenvalue weighted by atomic mass is 16.5. The predicted octanol–water partition coefficient (Wildman–Crippen LogP) is 4.63. The van der Waals surface area contributed by atoms with Gasteiger partial charge >= 0.3 is 0 Å².